The van der Waals surface area contributed by atoms with E-state index in [-0.39, 0.29) is 25.5 Å². The number of hydrogen-bond acceptors (Lipinski definition) is 5. The van der Waals surface area contributed by atoms with E-state index < -0.39 is 28.7 Å². The van der Waals surface area contributed by atoms with Gasteiger partial charge < -0.3 is 24.5 Å². The van der Waals surface area contributed by atoms with Gasteiger partial charge in [-0.3, -0.25) is 9.69 Å². The van der Waals surface area contributed by atoms with E-state index in [0.717, 1.165) is 5.69 Å². The first-order valence-electron chi connectivity index (χ1n) is 12.0. The van der Waals surface area contributed by atoms with Crippen molar-refractivity contribution < 1.29 is 24.2 Å². The number of carbonyl (C=O) groups excluding carboxylic acids is 2. The van der Waals surface area contributed by atoms with E-state index in [1.165, 1.54) is 9.80 Å². The second kappa shape index (κ2) is 10.2. The highest BCUT2D eigenvalue weighted by Gasteiger charge is 2.60. The van der Waals surface area contributed by atoms with Crippen LogP contribution in [0.25, 0.3) is 0 Å². The van der Waals surface area contributed by atoms with E-state index in [0.29, 0.717) is 36.2 Å². The molecule has 9 nitrogen and oxygen atoms in total. The number of amides is 3. The maximum atomic E-state index is 14.3. The molecule has 0 aliphatic carbocycles. The maximum absolute atomic E-state index is 14.3. The number of benzene rings is 1. The summed E-state index contributed by atoms with van der Waals surface area (Å²) in [6.07, 6.45) is -1.74. The van der Waals surface area contributed by atoms with E-state index in [1.54, 1.807) is 37.8 Å². The molecular weight excluding hydrogens is 507 g/mol. The minimum absolute atomic E-state index is 0.0630. The molecule has 3 amide bonds. The number of halogens is 2. The van der Waals surface area contributed by atoms with Gasteiger partial charge in [-0.2, -0.15) is 0 Å². The van der Waals surface area contributed by atoms with Crippen molar-refractivity contribution in [1.29, 1.82) is 0 Å². The molecule has 2 saturated heterocycles. The van der Waals surface area contributed by atoms with Gasteiger partial charge in [0, 0.05) is 45.0 Å². The molecule has 36 heavy (non-hydrogen) atoms. The largest absolute Gasteiger partial charge is 0.465 e. The summed E-state index contributed by atoms with van der Waals surface area (Å²) < 4.78 is 5.68. The molecule has 1 aromatic carbocycles. The van der Waals surface area contributed by atoms with Crippen molar-refractivity contribution in [3.63, 3.8) is 0 Å². The first-order valence-corrected chi connectivity index (χ1v) is 12.8. The minimum atomic E-state index is -1.43. The fourth-order valence-corrected chi connectivity index (χ4v) is 5.13. The average Bonchev–Trinajstić information content (AvgIpc) is 2.78. The molecule has 0 bridgehead atoms. The number of carboxylic acid groups (broad SMARTS) is 1. The molecule has 0 aromatic heterocycles. The molecule has 0 radical (unpaired) electrons. The lowest BCUT2D eigenvalue weighted by atomic mass is 9.69. The summed E-state index contributed by atoms with van der Waals surface area (Å²) in [5.41, 5.74) is -2.07. The molecule has 3 rings (SSSR count). The van der Waals surface area contributed by atoms with Crippen LogP contribution in [-0.2, 0) is 9.53 Å². The molecule has 1 aromatic rings. The summed E-state index contributed by atoms with van der Waals surface area (Å²) in [5.74, 6) is -0.277. The van der Waals surface area contributed by atoms with Crippen molar-refractivity contribution in [1.82, 2.24) is 14.7 Å². The van der Waals surface area contributed by atoms with Gasteiger partial charge in [0.05, 0.1) is 16.6 Å². The van der Waals surface area contributed by atoms with Crippen molar-refractivity contribution >= 4 is 47.0 Å². The van der Waals surface area contributed by atoms with Crippen LogP contribution in [0, 0.1) is 5.41 Å². The summed E-state index contributed by atoms with van der Waals surface area (Å²) in [5, 5.41) is 10.7. The van der Waals surface area contributed by atoms with Crippen LogP contribution < -0.4 is 4.90 Å². The Morgan fingerprint density at radius 2 is 1.47 bits per heavy atom. The van der Waals surface area contributed by atoms with Gasteiger partial charge in [-0.15, -0.1) is 0 Å². The lowest BCUT2D eigenvalue weighted by Gasteiger charge is -2.56. The van der Waals surface area contributed by atoms with E-state index in [2.05, 4.69) is 4.90 Å². The number of nitrogens with zero attached hydrogens (tertiary/aromatic N) is 4. The first-order chi connectivity index (χ1) is 16.6. The van der Waals surface area contributed by atoms with Crippen molar-refractivity contribution in [3.8, 4) is 0 Å². The fraction of sp³-hybridized carbons (Fsp3) is 0.640. The van der Waals surface area contributed by atoms with E-state index >= 15 is 0 Å². The van der Waals surface area contributed by atoms with Crippen LogP contribution in [0.2, 0.25) is 10.0 Å². The zero-order valence-corrected chi connectivity index (χ0v) is 23.3. The third-order valence-electron chi connectivity index (χ3n) is 6.79. The molecule has 2 aliphatic rings. The predicted molar refractivity (Wildman–Crippen MR) is 140 cm³/mol. The summed E-state index contributed by atoms with van der Waals surface area (Å²) in [6.45, 7) is 12.8. The van der Waals surface area contributed by atoms with Gasteiger partial charge in [-0.05, 0) is 44.4 Å². The van der Waals surface area contributed by atoms with Gasteiger partial charge >= 0.3 is 12.2 Å². The number of rotatable bonds is 2. The van der Waals surface area contributed by atoms with Gasteiger partial charge in [0.25, 0.3) is 5.91 Å². The van der Waals surface area contributed by atoms with E-state index in [1.807, 2.05) is 26.8 Å². The van der Waals surface area contributed by atoms with Gasteiger partial charge in [0.1, 0.15) is 11.1 Å². The molecule has 0 spiro atoms. The average molecular weight is 543 g/mol. The zero-order chi connectivity index (χ0) is 27.1. The quantitative estimate of drug-likeness (QED) is 0.584. The monoisotopic (exact) mass is 542 g/mol. The topological polar surface area (TPSA) is 93.6 Å². The van der Waals surface area contributed by atoms with Crippen LogP contribution >= 0.6 is 23.2 Å². The van der Waals surface area contributed by atoms with Crippen molar-refractivity contribution in [2.24, 2.45) is 5.41 Å². The van der Waals surface area contributed by atoms with Crippen molar-refractivity contribution in [2.75, 3.05) is 50.7 Å². The second-order valence-corrected chi connectivity index (χ2v) is 12.1. The fourth-order valence-electron chi connectivity index (χ4n) is 4.84. The highest BCUT2D eigenvalue weighted by atomic mass is 35.5. The Kier molecular flexibility index (Phi) is 7.96. The zero-order valence-electron chi connectivity index (χ0n) is 21.8. The Balaban J connectivity index is 1.92. The molecule has 0 saturated carbocycles. The highest BCUT2D eigenvalue weighted by Crippen LogP contribution is 2.41. The molecule has 2 fully saturated rings. The van der Waals surface area contributed by atoms with Gasteiger partial charge in [0.2, 0.25) is 0 Å². The SMILES string of the molecule is CC(C)(C)OC(=O)N1CCN(C(=O)O)CC1(C(=O)N1CCN(c2ccc(Cl)c(Cl)c2)CC1)C(C)(C)C. The number of anilines is 1. The normalized spacial score (nSPS) is 21.4. The maximum Gasteiger partial charge on any atom is 0.411 e. The molecular formula is C25H36Cl2N4O5. The molecule has 2 heterocycles. The standard InChI is InChI=1S/C25H36Cl2N4O5/c1-23(2,3)25(16-30(21(33)34)13-14-31(25)22(35)36-24(4,5)6)20(32)29-11-9-28(10-12-29)17-7-8-18(26)19(27)15-17/h7-8,15H,9-14,16H2,1-6H3,(H,33,34). The Morgan fingerprint density at radius 1 is 0.889 bits per heavy atom. The number of piperazine rings is 2. The van der Waals surface area contributed by atoms with Crippen LogP contribution in [0.1, 0.15) is 41.5 Å². The van der Waals surface area contributed by atoms with Crippen LogP contribution in [0.5, 0.6) is 0 Å². The number of hydrogen-bond donors (Lipinski definition) is 1. The third kappa shape index (κ3) is 5.62. The Morgan fingerprint density at radius 3 is 1.97 bits per heavy atom. The van der Waals surface area contributed by atoms with Gasteiger partial charge in [0.15, 0.2) is 0 Å². The third-order valence-corrected chi connectivity index (χ3v) is 7.53. The van der Waals surface area contributed by atoms with Crippen molar-refractivity contribution in [2.45, 2.75) is 52.7 Å². The molecule has 1 unspecified atom stereocenters. The van der Waals surface area contributed by atoms with Gasteiger partial charge in [-0.1, -0.05) is 44.0 Å². The Hall–Kier alpha value is -2.39. The molecule has 2 aliphatic heterocycles. The number of carbonyl (C=O) groups is 3. The Bertz CT molecular complexity index is 1010. The first kappa shape index (κ1) is 28.2. The summed E-state index contributed by atoms with van der Waals surface area (Å²) in [6, 6.07) is 5.43. The summed E-state index contributed by atoms with van der Waals surface area (Å²) >= 11 is 12.2. The minimum Gasteiger partial charge on any atom is -0.465 e. The lowest BCUT2D eigenvalue weighted by molar-refractivity contribution is -0.159. The van der Waals surface area contributed by atoms with E-state index in [9.17, 15) is 19.5 Å². The second-order valence-electron chi connectivity index (χ2n) is 11.3. The smallest absolute Gasteiger partial charge is 0.411 e. The number of ether oxygens (including phenoxy) is 1. The van der Waals surface area contributed by atoms with Crippen LogP contribution in [-0.4, -0.2) is 94.9 Å². The van der Waals surface area contributed by atoms with Gasteiger partial charge in [-0.25, -0.2) is 9.59 Å². The highest BCUT2D eigenvalue weighted by molar-refractivity contribution is 6.42. The Labute approximate surface area is 222 Å². The molecule has 200 valence electrons. The van der Waals surface area contributed by atoms with Crippen LogP contribution in [0.15, 0.2) is 18.2 Å². The molecule has 1 N–H and O–H groups in total. The summed E-state index contributed by atoms with van der Waals surface area (Å²) in [4.78, 5) is 46.2. The lowest BCUT2D eigenvalue weighted by Crippen LogP contribution is -2.76. The predicted octanol–water partition coefficient (Wildman–Crippen LogP) is 4.66. The summed E-state index contributed by atoms with van der Waals surface area (Å²) in [7, 11) is 0. The molecule has 1 atom stereocenters. The van der Waals surface area contributed by atoms with Crippen LogP contribution in [0.4, 0.5) is 15.3 Å². The van der Waals surface area contributed by atoms with Crippen LogP contribution in [0.3, 0.4) is 0 Å². The van der Waals surface area contributed by atoms with E-state index in [4.69, 9.17) is 27.9 Å². The van der Waals surface area contributed by atoms with Crippen molar-refractivity contribution in [3.05, 3.63) is 28.2 Å². The molecule has 11 heteroatoms.